The number of benzene rings is 2. The number of halogens is 3. The molecule has 2 aromatic heterocycles. The van der Waals surface area contributed by atoms with Crippen LogP contribution in [0, 0.1) is 0 Å². The van der Waals surface area contributed by atoms with Gasteiger partial charge in [-0.15, -0.1) is 0 Å². The number of nitrogens with one attached hydrogen (secondary N) is 1. The van der Waals surface area contributed by atoms with Crippen LogP contribution in [0.1, 0.15) is 17.6 Å². The molecule has 188 valence electrons. The number of morpholine rings is 1. The second kappa shape index (κ2) is 10.1. The van der Waals surface area contributed by atoms with Gasteiger partial charge in [-0.1, -0.05) is 6.07 Å². The minimum atomic E-state index is -4.47. The first-order valence-corrected chi connectivity index (χ1v) is 11.4. The molecule has 0 bridgehead atoms. The molecule has 0 aliphatic carbocycles. The summed E-state index contributed by atoms with van der Waals surface area (Å²) >= 11 is 0. The lowest BCUT2D eigenvalue weighted by molar-refractivity contribution is -0.137. The summed E-state index contributed by atoms with van der Waals surface area (Å²) in [5, 5.41) is 14.1. The second-order valence-corrected chi connectivity index (χ2v) is 8.38. The molecule has 3 heterocycles. The maximum atomic E-state index is 13.0. The first-order chi connectivity index (χ1) is 17.3. The highest BCUT2D eigenvalue weighted by Crippen LogP contribution is 2.32. The molecule has 1 aliphatic heterocycles. The predicted octanol–water partition coefficient (Wildman–Crippen LogP) is 4.64. The van der Waals surface area contributed by atoms with Gasteiger partial charge in [0.1, 0.15) is 12.1 Å². The number of fused-ring (bicyclic) bond motifs is 1. The molecule has 8 nitrogen and oxygen atoms in total. The van der Waals surface area contributed by atoms with Gasteiger partial charge in [0.15, 0.2) is 0 Å². The van der Waals surface area contributed by atoms with Crippen molar-refractivity contribution in [2.45, 2.75) is 19.1 Å². The summed E-state index contributed by atoms with van der Waals surface area (Å²) in [6, 6.07) is 13.6. The summed E-state index contributed by atoms with van der Waals surface area (Å²) in [5.41, 5.74) is 0.871. The van der Waals surface area contributed by atoms with Crippen LogP contribution < -0.4 is 10.1 Å². The van der Waals surface area contributed by atoms with E-state index < -0.39 is 18.1 Å². The van der Waals surface area contributed by atoms with E-state index in [9.17, 15) is 18.3 Å². The third kappa shape index (κ3) is 5.59. The largest absolute Gasteiger partial charge is 0.439 e. The van der Waals surface area contributed by atoms with E-state index in [1.807, 2.05) is 0 Å². The topological polar surface area (TPSA) is 84.7 Å². The van der Waals surface area contributed by atoms with Crippen LogP contribution in [0.5, 0.6) is 11.6 Å². The molecule has 1 fully saturated rings. The lowest BCUT2D eigenvalue weighted by Gasteiger charge is -2.26. The van der Waals surface area contributed by atoms with Crippen LogP contribution in [0.3, 0.4) is 0 Å². The van der Waals surface area contributed by atoms with Crippen LogP contribution in [0.2, 0.25) is 0 Å². The van der Waals surface area contributed by atoms with E-state index in [2.05, 4.69) is 20.2 Å². The number of aliphatic hydroxyl groups is 1. The first-order valence-electron chi connectivity index (χ1n) is 11.4. The Bertz CT molecular complexity index is 1340. The predicted molar refractivity (Wildman–Crippen MR) is 126 cm³/mol. The van der Waals surface area contributed by atoms with E-state index in [0.29, 0.717) is 36.9 Å². The molecular formula is C25H24F3N5O3. The quantitative estimate of drug-likeness (QED) is 0.359. The molecule has 11 heteroatoms. The molecule has 2 N–H and O–H groups in total. The molecule has 0 radical (unpaired) electrons. The molecule has 1 atom stereocenters. The number of aliphatic hydroxyl groups excluding tert-OH is 1. The fourth-order valence-electron chi connectivity index (χ4n) is 4.05. The van der Waals surface area contributed by atoms with Crippen LogP contribution in [0.4, 0.5) is 18.9 Å². The number of aromatic nitrogens is 3. The van der Waals surface area contributed by atoms with Crippen molar-refractivity contribution in [1.29, 1.82) is 0 Å². The Hall–Kier alpha value is -3.67. The minimum absolute atomic E-state index is 0.149. The fraction of sp³-hybridized carbons (Fsp3) is 0.280. The number of hydrogen-bond donors (Lipinski definition) is 2. The molecule has 0 saturated carbocycles. The molecule has 1 unspecified atom stereocenters. The van der Waals surface area contributed by atoms with E-state index in [1.165, 1.54) is 23.0 Å². The van der Waals surface area contributed by atoms with E-state index in [-0.39, 0.29) is 5.69 Å². The van der Waals surface area contributed by atoms with Crippen molar-refractivity contribution in [3.05, 3.63) is 78.4 Å². The van der Waals surface area contributed by atoms with Crippen LogP contribution in [0.25, 0.3) is 10.9 Å². The number of anilines is 1. The van der Waals surface area contributed by atoms with Gasteiger partial charge in [-0.3, -0.25) is 4.90 Å². The molecule has 1 saturated heterocycles. The smallest absolute Gasteiger partial charge is 0.416 e. The first kappa shape index (κ1) is 24.0. The van der Waals surface area contributed by atoms with Gasteiger partial charge < -0.3 is 24.5 Å². The molecular weight excluding hydrogens is 475 g/mol. The number of rotatable bonds is 7. The summed E-state index contributed by atoms with van der Waals surface area (Å²) in [5.74, 6) is 0.967. The zero-order valence-corrected chi connectivity index (χ0v) is 19.2. The van der Waals surface area contributed by atoms with Crippen molar-refractivity contribution in [2.24, 2.45) is 0 Å². The third-order valence-corrected chi connectivity index (χ3v) is 5.85. The SMILES string of the molecule is OC(Nc1cccc(C(F)(F)F)c1)n1ccc2cc(Oc3cc(CN4CCOCC4)ncn3)ccc21. The van der Waals surface area contributed by atoms with Gasteiger partial charge in [0, 0.05) is 43.0 Å². The van der Waals surface area contributed by atoms with Crippen molar-refractivity contribution in [3.8, 4) is 11.6 Å². The molecule has 5 rings (SSSR count). The maximum Gasteiger partial charge on any atom is 0.416 e. The summed E-state index contributed by atoms with van der Waals surface area (Å²) in [6.45, 7) is 3.79. The lowest BCUT2D eigenvalue weighted by atomic mass is 10.2. The number of nitrogens with zero attached hydrogens (tertiary/aromatic N) is 4. The molecule has 1 aliphatic rings. The van der Waals surface area contributed by atoms with Crippen LogP contribution >= 0.6 is 0 Å². The van der Waals surface area contributed by atoms with E-state index in [0.717, 1.165) is 36.3 Å². The number of hydrogen-bond acceptors (Lipinski definition) is 7. The molecule has 0 spiro atoms. The summed E-state index contributed by atoms with van der Waals surface area (Å²) in [6.07, 6.45) is -2.63. The van der Waals surface area contributed by atoms with Gasteiger partial charge in [0.05, 0.1) is 30.0 Å². The van der Waals surface area contributed by atoms with Crippen molar-refractivity contribution in [3.63, 3.8) is 0 Å². The van der Waals surface area contributed by atoms with E-state index in [1.54, 1.807) is 36.5 Å². The van der Waals surface area contributed by atoms with Crippen LogP contribution in [-0.4, -0.2) is 50.8 Å². The monoisotopic (exact) mass is 499 g/mol. The Kier molecular flexibility index (Phi) is 6.77. The molecule has 36 heavy (non-hydrogen) atoms. The van der Waals surface area contributed by atoms with Gasteiger partial charge in [-0.2, -0.15) is 13.2 Å². The van der Waals surface area contributed by atoms with Gasteiger partial charge in [0.25, 0.3) is 0 Å². The van der Waals surface area contributed by atoms with Gasteiger partial charge >= 0.3 is 6.18 Å². The zero-order valence-electron chi connectivity index (χ0n) is 19.2. The second-order valence-electron chi connectivity index (χ2n) is 8.38. The van der Waals surface area contributed by atoms with Crippen molar-refractivity contribution >= 4 is 16.6 Å². The lowest BCUT2D eigenvalue weighted by Crippen LogP contribution is -2.35. The standard InChI is InChI=1S/C25H24F3N5O3/c26-25(27,28)18-2-1-3-19(13-18)31-24(34)33-7-6-17-12-21(4-5-22(17)33)36-23-14-20(29-16-30-23)15-32-8-10-35-11-9-32/h1-7,12-14,16,24,31,34H,8-11,15H2. The normalized spacial score (nSPS) is 15.7. The van der Waals surface area contributed by atoms with Crippen LogP contribution in [-0.2, 0) is 17.5 Å². The van der Waals surface area contributed by atoms with Gasteiger partial charge in [0.2, 0.25) is 12.2 Å². The molecule has 2 aromatic carbocycles. The summed E-state index contributed by atoms with van der Waals surface area (Å²) < 4.78 is 51.8. The maximum absolute atomic E-state index is 13.0. The number of ether oxygens (including phenoxy) is 2. The highest BCUT2D eigenvalue weighted by atomic mass is 19.4. The van der Waals surface area contributed by atoms with E-state index in [4.69, 9.17) is 9.47 Å². The van der Waals surface area contributed by atoms with E-state index >= 15 is 0 Å². The highest BCUT2D eigenvalue weighted by Gasteiger charge is 2.30. The van der Waals surface area contributed by atoms with Crippen molar-refractivity contribution < 1.29 is 27.8 Å². The van der Waals surface area contributed by atoms with Crippen molar-refractivity contribution in [1.82, 2.24) is 19.4 Å². The van der Waals surface area contributed by atoms with Crippen molar-refractivity contribution in [2.75, 3.05) is 31.6 Å². The minimum Gasteiger partial charge on any atom is -0.439 e. The Morgan fingerprint density at radius 3 is 2.69 bits per heavy atom. The average Bonchev–Trinajstić information content (AvgIpc) is 3.28. The Morgan fingerprint density at radius 2 is 1.89 bits per heavy atom. The average molecular weight is 499 g/mol. The Labute approximate surface area is 204 Å². The highest BCUT2D eigenvalue weighted by molar-refractivity contribution is 5.82. The van der Waals surface area contributed by atoms with Gasteiger partial charge in [-0.25, -0.2) is 9.97 Å². The Balaban J connectivity index is 1.28. The van der Waals surface area contributed by atoms with Gasteiger partial charge in [-0.05, 0) is 42.5 Å². The van der Waals surface area contributed by atoms with Crippen LogP contribution in [0.15, 0.2) is 67.1 Å². The summed E-state index contributed by atoms with van der Waals surface area (Å²) in [4.78, 5) is 10.8. The number of alkyl halides is 3. The third-order valence-electron chi connectivity index (χ3n) is 5.85. The Morgan fingerprint density at radius 1 is 1.06 bits per heavy atom. The molecule has 0 amide bonds. The summed E-state index contributed by atoms with van der Waals surface area (Å²) in [7, 11) is 0. The fourth-order valence-corrected chi connectivity index (χ4v) is 4.05. The molecule has 4 aromatic rings. The zero-order chi connectivity index (χ0) is 25.1.